The van der Waals surface area contributed by atoms with Crippen LogP contribution in [0, 0.1) is 5.21 Å². The zero-order valence-corrected chi connectivity index (χ0v) is 27.5. The molecule has 1 amide bonds. The number of hydrogen-bond donors (Lipinski definition) is 4. The molecule has 0 radical (unpaired) electrons. The standard InChI is InChI=1S/C37H36N2O11/c1-37(2,3)50-34(42)32(28-14-8-9-15-31(28)39(45)46)49-36(44)48-23-18-16-22(17-19-23)20-30(33(40)41)38-35(43)47-21-29-26-12-6-4-10-24(26)25-11-5-7-13-27(25)29/h4-19,29-30,32,39,45H,20-21H2,1-3H3,(H,38,43)(H,40,41)/t30-,32?/m1/s1. The van der Waals surface area contributed by atoms with E-state index in [2.05, 4.69) is 5.32 Å². The summed E-state index contributed by atoms with van der Waals surface area (Å²) in [4.78, 5) is 50.5. The van der Waals surface area contributed by atoms with Crippen LogP contribution in [-0.2, 0) is 30.2 Å². The van der Waals surface area contributed by atoms with Crippen molar-refractivity contribution in [2.75, 3.05) is 6.61 Å². The molecule has 2 unspecified atom stereocenters. The summed E-state index contributed by atoms with van der Waals surface area (Å²) in [7, 11) is 0. The molecule has 3 atom stereocenters. The Labute approximate surface area is 287 Å². The van der Waals surface area contributed by atoms with E-state index in [-0.39, 0.29) is 35.9 Å². The lowest BCUT2D eigenvalue weighted by atomic mass is 9.98. The van der Waals surface area contributed by atoms with Gasteiger partial charge in [0.2, 0.25) is 6.10 Å². The van der Waals surface area contributed by atoms with Crippen molar-refractivity contribution in [3.05, 3.63) is 125 Å². The van der Waals surface area contributed by atoms with E-state index in [9.17, 15) is 34.7 Å². The Morgan fingerprint density at radius 1 is 0.860 bits per heavy atom. The van der Waals surface area contributed by atoms with Crippen molar-refractivity contribution < 1.29 is 53.7 Å². The van der Waals surface area contributed by atoms with Crippen molar-refractivity contribution in [2.24, 2.45) is 0 Å². The molecule has 0 saturated carbocycles. The van der Waals surface area contributed by atoms with Crippen molar-refractivity contribution in [2.45, 2.75) is 50.9 Å². The molecule has 13 heteroatoms. The van der Waals surface area contributed by atoms with E-state index in [0.29, 0.717) is 5.56 Å². The number of carboxylic acids is 1. The van der Waals surface area contributed by atoms with Gasteiger partial charge in [0.1, 0.15) is 24.0 Å². The first-order valence-corrected chi connectivity index (χ1v) is 15.7. The lowest BCUT2D eigenvalue weighted by molar-refractivity contribution is -0.991. The Bertz CT molecular complexity index is 1820. The van der Waals surface area contributed by atoms with Gasteiger partial charge < -0.3 is 34.6 Å². The molecule has 260 valence electrons. The number of amides is 1. The number of carboxylic acid groups (broad SMARTS) is 1. The minimum Gasteiger partial charge on any atom is -0.595 e. The van der Waals surface area contributed by atoms with E-state index < -0.39 is 47.2 Å². The molecule has 0 heterocycles. The first-order valence-electron chi connectivity index (χ1n) is 15.7. The number of rotatable bonds is 11. The molecule has 1 aliphatic rings. The molecule has 0 fully saturated rings. The molecule has 4 aromatic rings. The summed E-state index contributed by atoms with van der Waals surface area (Å²) in [5.41, 5.74) is 3.31. The quantitative estimate of drug-likeness (QED) is 0.0702. The van der Waals surface area contributed by atoms with Gasteiger partial charge in [-0.2, -0.15) is 5.23 Å². The SMILES string of the molecule is CC(C)(C)OC(=O)C(OC(=O)Oc1ccc(C[C@@H](NC(=O)OCC2c3ccccc3-c3ccccc32)C(=O)O)cc1)c1ccccc1[NH+]([O-])O. The number of ether oxygens (including phenoxy) is 4. The molecule has 4 N–H and O–H groups in total. The predicted octanol–water partition coefficient (Wildman–Crippen LogP) is 5.22. The second-order valence-electron chi connectivity index (χ2n) is 12.5. The van der Waals surface area contributed by atoms with Gasteiger partial charge in [-0.3, -0.25) is 0 Å². The maximum atomic E-state index is 13.0. The minimum atomic E-state index is -1.74. The van der Waals surface area contributed by atoms with Crippen LogP contribution < -0.4 is 15.3 Å². The molecule has 0 saturated heterocycles. The smallest absolute Gasteiger partial charge is 0.515 e. The summed E-state index contributed by atoms with van der Waals surface area (Å²) in [6.07, 6.45) is -4.05. The van der Waals surface area contributed by atoms with Crippen LogP contribution >= 0.6 is 0 Å². The maximum Gasteiger partial charge on any atom is 0.515 e. The van der Waals surface area contributed by atoms with E-state index in [1.54, 1.807) is 20.8 Å². The fourth-order valence-corrected chi connectivity index (χ4v) is 5.64. The summed E-state index contributed by atoms with van der Waals surface area (Å²) in [6.45, 7) is 4.83. The number of alkyl carbamates (subject to hydrolysis) is 1. The summed E-state index contributed by atoms with van der Waals surface area (Å²) < 4.78 is 21.4. The second kappa shape index (κ2) is 15.2. The van der Waals surface area contributed by atoms with Gasteiger partial charge in [-0.15, -0.1) is 0 Å². The fourth-order valence-electron chi connectivity index (χ4n) is 5.64. The Balaban J connectivity index is 1.19. The highest BCUT2D eigenvalue weighted by Crippen LogP contribution is 2.44. The Morgan fingerprint density at radius 2 is 1.44 bits per heavy atom. The number of hydrogen-bond acceptors (Lipinski definition) is 10. The summed E-state index contributed by atoms with van der Waals surface area (Å²) in [5, 5.41) is 32.3. The molecule has 0 aromatic heterocycles. The van der Waals surface area contributed by atoms with E-state index >= 15 is 0 Å². The van der Waals surface area contributed by atoms with Crippen molar-refractivity contribution in [1.82, 2.24) is 5.32 Å². The number of carbonyl (C=O) groups excluding carboxylic acids is 3. The summed E-state index contributed by atoms with van der Waals surface area (Å²) in [5.74, 6) is -2.48. The van der Waals surface area contributed by atoms with Gasteiger partial charge in [0.05, 0.1) is 5.56 Å². The third-order valence-corrected chi connectivity index (χ3v) is 7.81. The Hall–Kier alpha value is -5.76. The van der Waals surface area contributed by atoms with Crippen LogP contribution in [0.5, 0.6) is 5.75 Å². The third kappa shape index (κ3) is 8.63. The maximum absolute atomic E-state index is 13.0. The third-order valence-electron chi connectivity index (χ3n) is 7.81. The molecule has 0 spiro atoms. The molecule has 13 nitrogen and oxygen atoms in total. The highest BCUT2D eigenvalue weighted by molar-refractivity contribution is 5.82. The number of aliphatic carboxylic acids is 1. The number of carbonyl (C=O) groups is 4. The number of para-hydroxylation sites is 1. The highest BCUT2D eigenvalue weighted by Gasteiger charge is 2.35. The van der Waals surface area contributed by atoms with E-state index in [4.69, 9.17) is 18.9 Å². The lowest BCUT2D eigenvalue weighted by Gasteiger charge is -2.25. The number of benzene rings is 4. The van der Waals surface area contributed by atoms with Crippen molar-refractivity contribution in [3.8, 4) is 16.9 Å². The molecule has 5 rings (SSSR count). The normalized spacial score (nSPS) is 13.9. The number of fused-ring (bicyclic) bond motifs is 3. The Kier molecular flexibility index (Phi) is 10.8. The topological polar surface area (TPSA) is 185 Å². The second-order valence-corrected chi connectivity index (χ2v) is 12.5. The van der Waals surface area contributed by atoms with Gasteiger partial charge in [-0.1, -0.05) is 72.8 Å². The first-order chi connectivity index (χ1) is 23.8. The van der Waals surface area contributed by atoms with Gasteiger partial charge in [0, 0.05) is 18.4 Å². The largest absolute Gasteiger partial charge is 0.595 e. The first kappa shape index (κ1) is 35.5. The van der Waals surface area contributed by atoms with Gasteiger partial charge in [-0.25, -0.2) is 24.4 Å². The monoisotopic (exact) mass is 684 g/mol. The van der Waals surface area contributed by atoms with Crippen LogP contribution in [0.2, 0.25) is 0 Å². The number of quaternary nitrogens is 1. The molecule has 4 aromatic carbocycles. The summed E-state index contributed by atoms with van der Waals surface area (Å²) >= 11 is 0. The molecule has 1 aliphatic carbocycles. The van der Waals surface area contributed by atoms with Crippen LogP contribution in [0.3, 0.4) is 0 Å². The van der Waals surface area contributed by atoms with Crippen LogP contribution in [-0.4, -0.2) is 52.8 Å². The van der Waals surface area contributed by atoms with E-state index in [1.807, 2.05) is 48.5 Å². The molecule has 0 aliphatic heterocycles. The fraction of sp³-hybridized carbons (Fsp3) is 0.243. The average Bonchev–Trinajstić information content (AvgIpc) is 3.39. The van der Waals surface area contributed by atoms with Gasteiger partial charge >= 0.3 is 24.2 Å². The molecular weight excluding hydrogens is 648 g/mol. The van der Waals surface area contributed by atoms with Crippen LogP contribution in [0.1, 0.15) is 55.0 Å². The molecule has 0 bridgehead atoms. The van der Waals surface area contributed by atoms with E-state index in [0.717, 1.165) is 22.3 Å². The predicted molar refractivity (Wildman–Crippen MR) is 178 cm³/mol. The van der Waals surface area contributed by atoms with Crippen LogP contribution in [0.25, 0.3) is 11.1 Å². The lowest BCUT2D eigenvalue weighted by Crippen LogP contribution is -2.99. The average molecular weight is 685 g/mol. The van der Waals surface area contributed by atoms with Crippen molar-refractivity contribution >= 4 is 29.9 Å². The van der Waals surface area contributed by atoms with Crippen LogP contribution in [0.4, 0.5) is 15.3 Å². The zero-order valence-electron chi connectivity index (χ0n) is 27.5. The van der Waals surface area contributed by atoms with Crippen LogP contribution in [0.15, 0.2) is 97.1 Å². The van der Waals surface area contributed by atoms with Gasteiger partial charge in [-0.05, 0) is 66.8 Å². The number of nitrogens with one attached hydrogen (secondary N) is 2. The minimum absolute atomic E-state index is 0.00965. The molecular formula is C37H36N2O11. The molecule has 50 heavy (non-hydrogen) atoms. The van der Waals surface area contributed by atoms with Gasteiger partial charge in [0.25, 0.3) is 0 Å². The highest BCUT2D eigenvalue weighted by atomic mass is 16.8. The van der Waals surface area contributed by atoms with E-state index in [1.165, 1.54) is 48.5 Å². The van der Waals surface area contributed by atoms with Crippen molar-refractivity contribution in [1.29, 1.82) is 0 Å². The zero-order chi connectivity index (χ0) is 36.0. The number of esters is 1. The van der Waals surface area contributed by atoms with Gasteiger partial charge in [0.15, 0.2) is 5.69 Å². The Morgan fingerprint density at radius 3 is 2.02 bits per heavy atom. The summed E-state index contributed by atoms with van der Waals surface area (Å²) in [6, 6.07) is 25.6. The van der Waals surface area contributed by atoms with Crippen molar-refractivity contribution in [3.63, 3.8) is 0 Å².